The van der Waals surface area contributed by atoms with Gasteiger partial charge in [-0.2, -0.15) is 5.26 Å². The maximum Gasteiger partial charge on any atom is 0.230 e. The highest BCUT2D eigenvalue weighted by Crippen LogP contribution is 2.38. The van der Waals surface area contributed by atoms with Crippen LogP contribution in [0.5, 0.6) is 0 Å². The topological polar surface area (TPSA) is 83.6 Å². The van der Waals surface area contributed by atoms with E-state index < -0.39 is 0 Å². The van der Waals surface area contributed by atoms with Gasteiger partial charge in [-0.3, -0.25) is 9.36 Å². The van der Waals surface area contributed by atoms with Gasteiger partial charge in [0.15, 0.2) is 11.0 Å². The van der Waals surface area contributed by atoms with Gasteiger partial charge < -0.3 is 5.32 Å². The first-order chi connectivity index (χ1) is 12.7. The summed E-state index contributed by atoms with van der Waals surface area (Å²) in [5.41, 5.74) is 0.860. The molecular weight excluding hydrogens is 370 g/mol. The first-order valence-corrected chi connectivity index (χ1v) is 10.0. The smallest absolute Gasteiger partial charge is 0.230 e. The number of carbonyl (C=O) groups is 1. The van der Waals surface area contributed by atoms with Crippen molar-refractivity contribution in [1.29, 1.82) is 5.26 Å². The van der Waals surface area contributed by atoms with Crippen molar-refractivity contribution in [1.82, 2.24) is 20.1 Å². The molecule has 3 rings (SSSR count). The number of thioether (sulfide) groups is 1. The lowest BCUT2D eigenvalue weighted by molar-refractivity contribution is -0.118. The molecule has 0 aliphatic heterocycles. The fourth-order valence-corrected chi connectivity index (χ4v) is 4.19. The molecule has 1 N–H and O–H groups in total. The lowest BCUT2D eigenvalue weighted by atomic mass is 10.2. The average Bonchev–Trinajstić information content (AvgIpc) is 3.30. The first-order valence-electron chi connectivity index (χ1n) is 8.67. The molecule has 1 aliphatic rings. The van der Waals surface area contributed by atoms with Gasteiger partial charge in [-0.05, 0) is 25.0 Å². The Morgan fingerprint density at radius 2 is 2.12 bits per heavy atom. The highest BCUT2D eigenvalue weighted by atomic mass is 35.5. The van der Waals surface area contributed by atoms with Crippen LogP contribution < -0.4 is 5.32 Å². The summed E-state index contributed by atoms with van der Waals surface area (Å²) >= 11 is 7.74. The number of amides is 1. The summed E-state index contributed by atoms with van der Waals surface area (Å²) in [5.74, 6) is 0.902. The summed E-state index contributed by atoms with van der Waals surface area (Å²) < 4.78 is 2.14. The first kappa shape index (κ1) is 18.7. The quantitative estimate of drug-likeness (QED) is 0.574. The van der Waals surface area contributed by atoms with Crippen LogP contribution in [0.1, 0.15) is 38.1 Å². The van der Waals surface area contributed by atoms with Gasteiger partial charge in [-0.25, -0.2) is 0 Å². The number of carbonyl (C=O) groups excluding carboxylic acids is 1. The molecule has 1 aliphatic carbocycles. The molecule has 0 radical (unpaired) electrons. The summed E-state index contributed by atoms with van der Waals surface area (Å²) in [5, 5.41) is 21.4. The summed E-state index contributed by atoms with van der Waals surface area (Å²) in [6, 6.07) is 9.96. The van der Waals surface area contributed by atoms with Crippen LogP contribution in [0.3, 0.4) is 0 Å². The lowest BCUT2D eigenvalue weighted by Gasteiger charge is -2.17. The Kier molecular flexibility index (Phi) is 6.53. The molecule has 6 nitrogen and oxygen atoms in total. The molecule has 1 aromatic heterocycles. The monoisotopic (exact) mass is 389 g/mol. The molecule has 0 bridgehead atoms. The van der Waals surface area contributed by atoms with Crippen molar-refractivity contribution < 1.29 is 4.79 Å². The SMILES string of the molecule is N#CCCNC(=O)CSc1nnc(-c2ccccc2Cl)n1C1CCCC1. The van der Waals surface area contributed by atoms with Crippen LogP contribution >= 0.6 is 23.4 Å². The van der Waals surface area contributed by atoms with Crippen LogP contribution in [-0.2, 0) is 4.79 Å². The van der Waals surface area contributed by atoms with Crippen molar-refractivity contribution >= 4 is 29.3 Å². The molecule has 2 aromatic rings. The molecule has 0 saturated heterocycles. The van der Waals surface area contributed by atoms with E-state index in [0.717, 1.165) is 29.4 Å². The van der Waals surface area contributed by atoms with Crippen molar-refractivity contribution in [3.05, 3.63) is 29.3 Å². The van der Waals surface area contributed by atoms with Gasteiger partial charge in [0.1, 0.15) is 0 Å². The Morgan fingerprint density at radius 3 is 2.85 bits per heavy atom. The molecule has 0 atom stereocenters. The number of hydrogen-bond donors (Lipinski definition) is 1. The fraction of sp³-hybridized carbons (Fsp3) is 0.444. The number of aromatic nitrogens is 3. The summed E-state index contributed by atoms with van der Waals surface area (Å²) in [4.78, 5) is 11.9. The maximum absolute atomic E-state index is 11.9. The average molecular weight is 390 g/mol. The number of hydrogen-bond acceptors (Lipinski definition) is 5. The van der Waals surface area contributed by atoms with E-state index >= 15 is 0 Å². The molecule has 1 heterocycles. The molecule has 8 heteroatoms. The van der Waals surface area contributed by atoms with E-state index in [1.807, 2.05) is 30.3 Å². The third-order valence-electron chi connectivity index (χ3n) is 4.36. The third-order valence-corrected chi connectivity index (χ3v) is 5.63. The van der Waals surface area contributed by atoms with Crippen LogP contribution in [0, 0.1) is 11.3 Å². The van der Waals surface area contributed by atoms with Gasteiger partial charge in [0.05, 0.1) is 23.3 Å². The number of halogens is 1. The molecule has 26 heavy (non-hydrogen) atoms. The zero-order valence-corrected chi connectivity index (χ0v) is 15.9. The van der Waals surface area contributed by atoms with Crippen LogP contribution in [0.25, 0.3) is 11.4 Å². The van der Waals surface area contributed by atoms with Crippen molar-refractivity contribution in [2.45, 2.75) is 43.3 Å². The van der Waals surface area contributed by atoms with Crippen LogP contribution in [0.15, 0.2) is 29.4 Å². The van der Waals surface area contributed by atoms with Gasteiger partial charge in [0.2, 0.25) is 5.91 Å². The van der Waals surface area contributed by atoms with Gasteiger partial charge in [0, 0.05) is 18.2 Å². The van der Waals surface area contributed by atoms with Gasteiger partial charge in [-0.15, -0.1) is 10.2 Å². The van der Waals surface area contributed by atoms with Crippen molar-refractivity contribution in [2.75, 3.05) is 12.3 Å². The molecule has 0 unspecified atom stereocenters. The number of nitriles is 1. The van der Waals surface area contributed by atoms with Gasteiger partial charge in [-0.1, -0.05) is 48.3 Å². The van der Waals surface area contributed by atoms with Gasteiger partial charge in [0.25, 0.3) is 0 Å². The van der Waals surface area contributed by atoms with E-state index in [0.29, 0.717) is 24.0 Å². The molecule has 136 valence electrons. The minimum atomic E-state index is -0.106. The number of benzene rings is 1. The molecular formula is C18H20ClN5OS. The Morgan fingerprint density at radius 1 is 1.35 bits per heavy atom. The second-order valence-electron chi connectivity index (χ2n) is 6.14. The maximum atomic E-state index is 11.9. The van der Waals surface area contributed by atoms with E-state index in [-0.39, 0.29) is 11.7 Å². The predicted octanol–water partition coefficient (Wildman–Crippen LogP) is 3.84. The summed E-state index contributed by atoms with van der Waals surface area (Å²) in [7, 11) is 0. The number of rotatable bonds is 7. The van der Waals surface area contributed by atoms with E-state index in [1.54, 1.807) is 0 Å². The molecule has 1 fully saturated rings. The van der Waals surface area contributed by atoms with Crippen molar-refractivity contribution in [2.24, 2.45) is 0 Å². The molecule has 1 aromatic carbocycles. The van der Waals surface area contributed by atoms with E-state index in [2.05, 4.69) is 20.1 Å². The minimum absolute atomic E-state index is 0.106. The third kappa shape index (κ3) is 4.37. The summed E-state index contributed by atoms with van der Waals surface area (Å²) in [6.45, 7) is 0.371. The van der Waals surface area contributed by atoms with Crippen LogP contribution in [-0.4, -0.2) is 33.0 Å². The van der Waals surface area contributed by atoms with E-state index in [4.69, 9.17) is 16.9 Å². The zero-order chi connectivity index (χ0) is 18.4. The molecule has 1 saturated carbocycles. The standard InChI is InChI=1S/C18H20ClN5OS/c19-15-9-4-3-8-14(15)17-22-23-18(24(17)13-6-1-2-7-13)26-12-16(25)21-11-5-10-20/h3-4,8-9,13H,1-2,5-7,11-12H2,(H,21,25). The lowest BCUT2D eigenvalue weighted by Crippen LogP contribution is -2.26. The van der Waals surface area contributed by atoms with Gasteiger partial charge >= 0.3 is 0 Å². The Hall–Kier alpha value is -2.04. The molecule has 1 amide bonds. The predicted molar refractivity (Wildman–Crippen MR) is 102 cm³/mol. The molecule has 0 spiro atoms. The number of nitrogens with one attached hydrogen (secondary N) is 1. The fourth-order valence-electron chi connectivity index (χ4n) is 3.13. The van der Waals surface area contributed by atoms with Crippen molar-refractivity contribution in [3.63, 3.8) is 0 Å². The van der Waals surface area contributed by atoms with E-state index in [1.165, 1.54) is 24.6 Å². The Labute approximate surface area is 161 Å². The minimum Gasteiger partial charge on any atom is -0.354 e. The van der Waals surface area contributed by atoms with Crippen molar-refractivity contribution in [3.8, 4) is 17.5 Å². The summed E-state index contributed by atoms with van der Waals surface area (Å²) in [6.07, 6.45) is 4.84. The Bertz CT molecular complexity index is 810. The largest absolute Gasteiger partial charge is 0.354 e. The number of nitrogens with zero attached hydrogens (tertiary/aromatic N) is 4. The highest BCUT2D eigenvalue weighted by molar-refractivity contribution is 7.99. The van der Waals surface area contributed by atoms with E-state index in [9.17, 15) is 4.79 Å². The second-order valence-corrected chi connectivity index (χ2v) is 7.49. The zero-order valence-electron chi connectivity index (χ0n) is 14.3. The Balaban J connectivity index is 1.81. The van der Waals surface area contributed by atoms with Crippen LogP contribution in [0.2, 0.25) is 5.02 Å². The second kappa shape index (κ2) is 9.06. The highest BCUT2D eigenvalue weighted by Gasteiger charge is 2.26. The normalized spacial score (nSPS) is 14.3. The van der Waals surface area contributed by atoms with Crippen LogP contribution in [0.4, 0.5) is 0 Å².